The molecule has 0 N–H and O–H groups in total. The Hall–Kier alpha value is -1.17. The second-order valence-electron chi connectivity index (χ2n) is 6.00. The zero-order chi connectivity index (χ0) is 15.0. The molecule has 1 aromatic heterocycles. The average Bonchev–Trinajstić information content (AvgIpc) is 2.92. The Morgan fingerprint density at radius 2 is 1.81 bits per heavy atom. The first-order valence-electron chi connectivity index (χ1n) is 7.62. The first kappa shape index (κ1) is 14.8. The van der Waals surface area contributed by atoms with Crippen LogP contribution in [0.5, 0.6) is 0 Å². The molecule has 5 nitrogen and oxygen atoms in total. The predicted molar refractivity (Wildman–Crippen MR) is 81.4 cm³/mol. The van der Waals surface area contributed by atoms with E-state index in [0.717, 1.165) is 48.8 Å². The molecular formula is C15H20BrN3O2. The fourth-order valence-electron chi connectivity index (χ4n) is 3.45. The first-order chi connectivity index (χ1) is 10.1. The van der Waals surface area contributed by atoms with Crippen molar-refractivity contribution in [2.75, 3.05) is 6.54 Å². The maximum atomic E-state index is 12.3. The van der Waals surface area contributed by atoms with Crippen molar-refractivity contribution < 1.29 is 9.59 Å². The summed E-state index contributed by atoms with van der Waals surface area (Å²) < 4.78 is 2.85. The van der Waals surface area contributed by atoms with E-state index in [1.807, 2.05) is 17.8 Å². The van der Waals surface area contributed by atoms with Crippen molar-refractivity contribution in [1.82, 2.24) is 14.7 Å². The van der Waals surface area contributed by atoms with E-state index in [0.29, 0.717) is 6.54 Å². The van der Waals surface area contributed by atoms with Gasteiger partial charge in [-0.15, -0.1) is 0 Å². The minimum Gasteiger partial charge on any atom is -0.282 e. The van der Waals surface area contributed by atoms with Gasteiger partial charge in [-0.1, -0.05) is 12.8 Å². The number of imide groups is 1. The number of hydrogen-bond acceptors (Lipinski definition) is 3. The second kappa shape index (κ2) is 5.91. The lowest BCUT2D eigenvalue weighted by atomic mass is 9.81. The molecule has 0 aromatic carbocycles. The quantitative estimate of drug-likeness (QED) is 0.781. The number of rotatable bonds is 4. The fraction of sp³-hybridized carbons (Fsp3) is 0.667. The van der Waals surface area contributed by atoms with Gasteiger partial charge in [-0.2, -0.15) is 5.10 Å². The molecule has 0 unspecified atom stereocenters. The van der Waals surface area contributed by atoms with Gasteiger partial charge < -0.3 is 0 Å². The fourth-order valence-corrected chi connectivity index (χ4v) is 3.77. The van der Waals surface area contributed by atoms with Crippen LogP contribution in [0.2, 0.25) is 0 Å². The molecule has 2 atom stereocenters. The number of aryl methyl sites for hydroxylation is 2. The number of nitrogens with zero attached hydrogens (tertiary/aromatic N) is 3. The van der Waals surface area contributed by atoms with Crippen LogP contribution < -0.4 is 0 Å². The molecule has 1 aliphatic heterocycles. The van der Waals surface area contributed by atoms with E-state index in [4.69, 9.17) is 0 Å². The number of amides is 2. The average molecular weight is 354 g/mol. The van der Waals surface area contributed by atoms with Crippen LogP contribution in [0.4, 0.5) is 0 Å². The molecule has 21 heavy (non-hydrogen) atoms. The lowest BCUT2D eigenvalue weighted by Gasteiger charge is -2.19. The molecule has 1 aromatic rings. The van der Waals surface area contributed by atoms with E-state index in [1.165, 1.54) is 4.90 Å². The highest BCUT2D eigenvalue weighted by atomic mass is 79.9. The molecule has 1 aliphatic carbocycles. The zero-order valence-electron chi connectivity index (χ0n) is 12.2. The molecule has 1 saturated heterocycles. The summed E-state index contributed by atoms with van der Waals surface area (Å²) in [5.74, 6) is 0.0461. The predicted octanol–water partition coefficient (Wildman–Crippen LogP) is 2.52. The minimum atomic E-state index is -0.0349. The van der Waals surface area contributed by atoms with Crippen LogP contribution in [0.15, 0.2) is 10.7 Å². The SMILES string of the molecule is Cc1nn(CCCN2C(=O)[C@@H]3CCCC[C@H]3C2=O)cc1Br. The van der Waals surface area contributed by atoms with Gasteiger partial charge in [0.2, 0.25) is 11.8 Å². The van der Waals surface area contributed by atoms with Crippen molar-refractivity contribution in [3.8, 4) is 0 Å². The topological polar surface area (TPSA) is 55.2 Å². The molecule has 2 heterocycles. The molecule has 3 rings (SSSR count). The lowest BCUT2D eigenvalue weighted by molar-refractivity contribution is -0.140. The normalized spacial score (nSPS) is 25.5. The van der Waals surface area contributed by atoms with Gasteiger partial charge in [-0.3, -0.25) is 19.2 Å². The van der Waals surface area contributed by atoms with Crippen molar-refractivity contribution in [3.63, 3.8) is 0 Å². The van der Waals surface area contributed by atoms with E-state index in [2.05, 4.69) is 21.0 Å². The van der Waals surface area contributed by atoms with Crippen molar-refractivity contribution in [1.29, 1.82) is 0 Å². The summed E-state index contributed by atoms with van der Waals surface area (Å²) in [5, 5.41) is 4.37. The molecule has 0 radical (unpaired) electrons. The molecule has 1 saturated carbocycles. The molecule has 2 aliphatic rings. The highest BCUT2D eigenvalue weighted by Gasteiger charge is 2.47. The van der Waals surface area contributed by atoms with Crippen molar-refractivity contribution in [2.45, 2.75) is 45.6 Å². The Morgan fingerprint density at radius 1 is 1.19 bits per heavy atom. The van der Waals surface area contributed by atoms with Crippen LogP contribution in [0.3, 0.4) is 0 Å². The lowest BCUT2D eigenvalue weighted by Crippen LogP contribution is -2.32. The number of aromatic nitrogens is 2. The Balaban J connectivity index is 1.57. The maximum Gasteiger partial charge on any atom is 0.233 e. The number of fused-ring (bicyclic) bond motifs is 1. The largest absolute Gasteiger partial charge is 0.282 e. The monoisotopic (exact) mass is 353 g/mol. The van der Waals surface area contributed by atoms with Crippen LogP contribution in [-0.2, 0) is 16.1 Å². The van der Waals surface area contributed by atoms with Gasteiger partial charge in [0, 0.05) is 19.3 Å². The number of carbonyl (C=O) groups is 2. The summed E-state index contributed by atoms with van der Waals surface area (Å²) in [6, 6.07) is 0. The third-order valence-electron chi connectivity index (χ3n) is 4.59. The number of carbonyl (C=O) groups excluding carboxylic acids is 2. The standard InChI is InChI=1S/C15H20BrN3O2/c1-10-13(16)9-18(17-10)7-4-8-19-14(20)11-5-2-3-6-12(11)15(19)21/h9,11-12H,2-8H2,1H3/t11-,12-/m1/s1. The minimum absolute atomic E-state index is 0.0349. The highest BCUT2D eigenvalue weighted by Crippen LogP contribution is 2.37. The Kier molecular flexibility index (Phi) is 4.15. The van der Waals surface area contributed by atoms with Crippen molar-refractivity contribution >= 4 is 27.7 Å². The van der Waals surface area contributed by atoms with E-state index in [1.54, 1.807) is 0 Å². The maximum absolute atomic E-state index is 12.3. The van der Waals surface area contributed by atoms with Gasteiger partial charge in [0.1, 0.15) is 0 Å². The number of hydrogen-bond donors (Lipinski definition) is 0. The van der Waals surface area contributed by atoms with E-state index < -0.39 is 0 Å². The van der Waals surface area contributed by atoms with Gasteiger partial charge in [-0.25, -0.2) is 0 Å². The number of halogens is 1. The van der Waals surface area contributed by atoms with Gasteiger partial charge in [0.15, 0.2) is 0 Å². The third-order valence-corrected chi connectivity index (χ3v) is 5.37. The Labute approximate surface area is 132 Å². The molecule has 0 spiro atoms. The summed E-state index contributed by atoms with van der Waals surface area (Å²) >= 11 is 3.43. The number of likely N-dealkylation sites (tertiary alicyclic amines) is 1. The van der Waals surface area contributed by atoms with E-state index >= 15 is 0 Å². The van der Waals surface area contributed by atoms with Crippen LogP contribution in [0, 0.1) is 18.8 Å². The second-order valence-corrected chi connectivity index (χ2v) is 6.86. The summed E-state index contributed by atoms with van der Waals surface area (Å²) in [6.07, 6.45) is 6.62. The summed E-state index contributed by atoms with van der Waals surface area (Å²) in [5.41, 5.74) is 0.953. The summed E-state index contributed by atoms with van der Waals surface area (Å²) in [7, 11) is 0. The van der Waals surface area contributed by atoms with Crippen LogP contribution in [0.25, 0.3) is 0 Å². The zero-order valence-corrected chi connectivity index (χ0v) is 13.8. The Morgan fingerprint density at radius 3 is 2.33 bits per heavy atom. The van der Waals surface area contributed by atoms with Gasteiger partial charge in [0.25, 0.3) is 0 Å². The summed E-state index contributed by atoms with van der Waals surface area (Å²) in [4.78, 5) is 26.1. The first-order valence-corrected chi connectivity index (χ1v) is 8.42. The molecule has 6 heteroatoms. The smallest absolute Gasteiger partial charge is 0.233 e. The molecule has 2 fully saturated rings. The van der Waals surface area contributed by atoms with Gasteiger partial charge in [-0.05, 0) is 42.1 Å². The molecule has 114 valence electrons. The van der Waals surface area contributed by atoms with Crippen molar-refractivity contribution in [3.05, 3.63) is 16.4 Å². The molecule has 0 bridgehead atoms. The van der Waals surface area contributed by atoms with Gasteiger partial charge in [0.05, 0.1) is 22.0 Å². The highest BCUT2D eigenvalue weighted by molar-refractivity contribution is 9.10. The van der Waals surface area contributed by atoms with Gasteiger partial charge >= 0.3 is 0 Å². The van der Waals surface area contributed by atoms with Crippen LogP contribution >= 0.6 is 15.9 Å². The summed E-state index contributed by atoms with van der Waals surface area (Å²) in [6.45, 7) is 3.18. The Bertz CT molecular complexity index is 526. The molecular weight excluding hydrogens is 334 g/mol. The van der Waals surface area contributed by atoms with Crippen LogP contribution in [0.1, 0.15) is 37.8 Å². The van der Waals surface area contributed by atoms with E-state index in [9.17, 15) is 9.59 Å². The third kappa shape index (κ3) is 2.78. The van der Waals surface area contributed by atoms with E-state index in [-0.39, 0.29) is 23.7 Å². The van der Waals surface area contributed by atoms with Crippen LogP contribution in [-0.4, -0.2) is 33.0 Å². The molecule has 2 amide bonds. The van der Waals surface area contributed by atoms with Crippen molar-refractivity contribution in [2.24, 2.45) is 11.8 Å².